The number of benzene rings is 1. The van der Waals surface area contributed by atoms with Gasteiger partial charge in [0.05, 0.1) is 0 Å². The number of nitrogens with two attached hydrogens (primary N) is 1. The summed E-state index contributed by atoms with van der Waals surface area (Å²) in [5.41, 5.74) is 6.66. The SMILES string of the molecule is Nc1nc(-c2ccc(Cl)cc2)sc1Br. The van der Waals surface area contributed by atoms with E-state index in [0.717, 1.165) is 19.4 Å². The van der Waals surface area contributed by atoms with E-state index >= 15 is 0 Å². The number of anilines is 1. The van der Waals surface area contributed by atoms with E-state index in [0.29, 0.717) is 5.82 Å². The number of hydrogen-bond donors (Lipinski definition) is 1. The van der Waals surface area contributed by atoms with Crippen LogP contribution in [0, 0.1) is 0 Å². The van der Waals surface area contributed by atoms with Gasteiger partial charge in [-0.2, -0.15) is 0 Å². The molecule has 0 fully saturated rings. The van der Waals surface area contributed by atoms with Crippen molar-refractivity contribution in [3.8, 4) is 10.6 Å². The molecular formula is C9H6BrClN2S. The minimum atomic E-state index is 0.528. The first-order valence-electron chi connectivity index (χ1n) is 3.84. The average molecular weight is 290 g/mol. The normalized spacial score (nSPS) is 10.4. The van der Waals surface area contributed by atoms with E-state index in [9.17, 15) is 0 Å². The Balaban J connectivity index is 2.44. The van der Waals surface area contributed by atoms with E-state index in [1.165, 1.54) is 11.3 Å². The number of hydrogen-bond acceptors (Lipinski definition) is 3. The number of nitrogens with zero attached hydrogens (tertiary/aromatic N) is 1. The number of nitrogen functional groups attached to an aromatic ring is 1. The van der Waals surface area contributed by atoms with Crippen LogP contribution in [-0.2, 0) is 0 Å². The Morgan fingerprint density at radius 1 is 1.29 bits per heavy atom. The van der Waals surface area contributed by atoms with Crippen molar-refractivity contribution in [2.45, 2.75) is 0 Å². The first-order chi connectivity index (χ1) is 6.66. The van der Waals surface area contributed by atoms with Gasteiger partial charge in [0.1, 0.15) is 14.6 Å². The molecule has 14 heavy (non-hydrogen) atoms. The highest BCUT2D eigenvalue weighted by Gasteiger charge is 2.07. The van der Waals surface area contributed by atoms with Gasteiger partial charge in [-0.15, -0.1) is 11.3 Å². The Hall–Kier alpha value is -0.580. The second kappa shape index (κ2) is 3.88. The zero-order chi connectivity index (χ0) is 10.1. The molecule has 0 saturated carbocycles. The van der Waals surface area contributed by atoms with Gasteiger partial charge in [0.15, 0.2) is 0 Å². The van der Waals surface area contributed by atoms with Crippen LogP contribution in [0.25, 0.3) is 10.6 Å². The molecule has 2 nitrogen and oxygen atoms in total. The third kappa shape index (κ3) is 1.92. The predicted molar refractivity (Wildman–Crippen MR) is 64.7 cm³/mol. The van der Waals surface area contributed by atoms with Crippen LogP contribution < -0.4 is 5.73 Å². The third-order valence-corrected chi connectivity index (χ3v) is 3.75. The van der Waals surface area contributed by atoms with Crippen LogP contribution in [0.1, 0.15) is 0 Å². The van der Waals surface area contributed by atoms with Crippen molar-refractivity contribution in [1.29, 1.82) is 0 Å². The summed E-state index contributed by atoms with van der Waals surface area (Å²) >= 11 is 10.6. The van der Waals surface area contributed by atoms with Crippen LogP contribution in [-0.4, -0.2) is 4.98 Å². The summed E-state index contributed by atoms with van der Waals surface area (Å²) in [5.74, 6) is 0.528. The average Bonchev–Trinajstić information content (AvgIpc) is 2.48. The molecule has 1 aromatic carbocycles. The maximum Gasteiger partial charge on any atom is 0.149 e. The molecule has 2 rings (SSSR count). The van der Waals surface area contributed by atoms with Crippen LogP contribution in [0.2, 0.25) is 5.02 Å². The van der Waals surface area contributed by atoms with Crippen molar-refractivity contribution in [3.63, 3.8) is 0 Å². The smallest absolute Gasteiger partial charge is 0.149 e. The van der Waals surface area contributed by atoms with Crippen molar-refractivity contribution in [2.24, 2.45) is 0 Å². The number of rotatable bonds is 1. The molecule has 2 aromatic rings. The molecule has 72 valence electrons. The Kier molecular flexibility index (Phi) is 2.76. The van der Waals surface area contributed by atoms with Gasteiger partial charge in [-0.1, -0.05) is 23.7 Å². The van der Waals surface area contributed by atoms with Crippen LogP contribution in [0.4, 0.5) is 5.82 Å². The summed E-state index contributed by atoms with van der Waals surface area (Å²) < 4.78 is 0.863. The maximum atomic E-state index is 5.78. The molecule has 2 N–H and O–H groups in total. The van der Waals surface area contributed by atoms with Crippen molar-refractivity contribution in [3.05, 3.63) is 33.1 Å². The lowest BCUT2D eigenvalue weighted by Gasteiger charge is -1.94. The summed E-state index contributed by atoms with van der Waals surface area (Å²) in [5, 5.41) is 1.61. The van der Waals surface area contributed by atoms with Crippen LogP contribution in [0.5, 0.6) is 0 Å². The molecule has 0 aliphatic carbocycles. The number of halogens is 2. The second-order valence-electron chi connectivity index (χ2n) is 2.68. The van der Waals surface area contributed by atoms with E-state index in [-0.39, 0.29) is 0 Å². The lowest BCUT2D eigenvalue weighted by Crippen LogP contribution is -1.84. The molecule has 0 spiro atoms. The van der Waals surface area contributed by atoms with Gasteiger partial charge in [-0.25, -0.2) is 4.98 Å². The molecule has 0 amide bonds. The largest absolute Gasteiger partial charge is 0.382 e. The lowest BCUT2D eigenvalue weighted by atomic mass is 10.2. The highest BCUT2D eigenvalue weighted by atomic mass is 79.9. The van der Waals surface area contributed by atoms with Crippen molar-refractivity contribution in [1.82, 2.24) is 4.98 Å². The highest BCUT2D eigenvalue weighted by Crippen LogP contribution is 2.33. The summed E-state index contributed by atoms with van der Waals surface area (Å²) in [6, 6.07) is 7.52. The van der Waals surface area contributed by atoms with Crippen molar-refractivity contribution >= 4 is 44.7 Å². The second-order valence-corrected chi connectivity index (χ2v) is 5.44. The molecule has 0 radical (unpaired) electrons. The Bertz CT molecular complexity index is 433. The van der Waals surface area contributed by atoms with Crippen molar-refractivity contribution in [2.75, 3.05) is 5.73 Å². The molecule has 5 heteroatoms. The molecule has 0 unspecified atom stereocenters. The van der Waals surface area contributed by atoms with Crippen molar-refractivity contribution < 1.29 is 0 Å². The molecule has 1 heterocycles. The molecule has 0 bridgehead atoms. The van der Waals surface area contributed by atoms with Gasteiger partial charge in [0.2, 0.25) is 0 Å². The minimum absolute atomic E-state index is 0.528. The molecule has 0 atom stereocenters. The molecule has 0 aliphatic rings. The Labute approximate surface area is 98.9 Å². The van der Waals surface area contributed by atoms with Crippen LogP contribution in [0.15, 0.2) is 28.1 Å². The fraction of sp³-hybridized carbons (Fsp3) is 0. The standard InChI is InChI=1S/C9H6BrClN2S/c10-7-8(12)13-9(14-7)5-1-3-6(11)4-2-5/h1-4H,12H2. The van der Waals surface area contributed by atoms with E-state index in [2.05, 4.69) is 20.9 Å². The fourth-order valence-corrected chi connectivity index (χ4v) is 2.42. The first kappa shape index (κ1) is 9.96. The fourth-order valence-electron chi connectivity index (χ4n) is 1.03. The molecule has 1 aromatic heterocycles. The summed E-state index contributed by atoms with van der Waals surface area (Å²) in [7, 11) is 0. The maximum absolute atomic E-state index is 5.78. The number of aromatic nitrogens is 1. The van der Waals surface area contributed by atoms with Gasteiger partial charge >= 0.3 is 0 Å². The lowest BCUT2D eigenvalue weighted by molar-refractivity contribution is 1.41. The van der Waals surface area contributed by atoms with E-state index in [4.69, 9.17) is 17.3 Å². The highest BCUT2D eigenvalue weighted by molar-refractivity contribution is 9.11. The summed E-state index contributed by atoms with van der Waals surface area (Å²) in [6.45, 7) is 0. The van der Waals surface area contributed by atoms with Gasteiger partial charge in [-0.3, -0.25) is 0 Å². The van der Waals surface area contributed by atoms with Crippen LogP contribution >= 0.6 is 38.9 Å². The van der Waals surface area contributed by atoms with Gasteiger partial charge < -0.3 is 5.73 Å². The number of thiazole rings is 1. The van der Waals surface area contributed by atoms with Gasteiger partial charge in [0.25, 0.3) is 0 Å². The minimum Gasteiger partial charge on any atom is -0.382 e. The monoisotopic (exact) mass is 288 g/mol. The van der Waals surface area contributed by atoms with Crippen LogP contribution in [0.3, 0.4) is 0 Å². The van der Waals surface area contributed by atoms with E-state index in [1.54, 1.807) is 0 Å². The quantitative estimate of drug-likeness (QED) is 0.867. The topological polar surface area (TPSA) is 38.9 Å². The summed E-state index contributed by atoms with van der Waals surface area (Å²) in [6.07, 6.45) is 0. The van der Waals surface area contributed by atoms with Gasteiger partial charge in [0, 0.05) is 10.6 Å². The van der Waals surface area contributed by atoms with E-state index < -0.39 is 0 Å². The molecule has 0 saturated heterocycles. The zero-order valence-corrected chi connectivity index (χ0v) is 10.2. The Morgan fingerprint density at radius 2 is 1.93 bits per heavy atom. The van der Waals surface area contributed by atoms with Gasteiger partial charge in [-0.05, 0) is 28.1 Å². The first-order valence-corrected chi connectivity index (χ1v) is 5.83. The zero-order valence-electron chi connectivity index (χ0n) is 7.00. The van der Waals surface area contributed by atoms with E-state index in [1.807, 2.05) is 24.3 Å². The third-order valence-electron chi connectivity index (χ3n) is 1.70. The predicted octanol–water partition coefficient (Wildman–Crippen LogP) is 3.81. The molecule has 0 aliphatic heterocycles. The molecular weight excluding hydrogens is 284 g/mol. The summed E-state index contributed by atoms with van der Waals surface area (Å²) in [4.78, 5) is 4.22. The Morgan fingerprint density at radius 3 is 2.43 bits per heavy atom.